The Bertz CT molecular complexity index is 598. The fourth-order valence-corrected chi connectivity index (χ4v) is 1.67. The van der Waals surface area contributed by atoms with Crippen molar-refractivity contribution in [3.05, 3.63) is 42.0 Å². The normalized spacial score (nSPS) is 13.2. The molecule has 1 aromatic carbocycles. The molecule has 0 atom stereocenters. The van der Waals surface area contributed by atoms with Crippen LogP contribution in [0.5, 0.6) is 11.5 Å². The molecule has 1 aliphatic rings. The number of fused-ring (bicyclic) bond motifs is 1. The minimum absolute atomic E-state index is 0.0684. The quantitative estimate of drug-likeness (QED) is 0.363. The highest BCUT2D eigenvalue weighted by atomic mass is 16.6. The van der Waals surface area contributed by atoms with E-state index in [-0.39, 0.29) is 12.2 Å². The summed E-state index contributed by atoms with van der Waals surface area (Å²) in [5.74, 6) is 0.574. The van der Waals surface area contributed by atoms with Crippen LogP contribution in [0.3, 0.4) is 0 Å². The summed E-state index contributed by atoms with van der Waals surface area (Å²) in [4.78, 5) is 11.6. The number of nitriles is 1. The highest BCUT2D eigenvalue weighted by Crippen LogP contribution is 2.31. The van der Waals surface area contributed by atoms with Gasteiger partial charge in [-0.3, -0.25) is 0 Å². The molecule has 0 bridgehead atoms. The largest absolute Gasteiger partial charge is 0.486 e. The third-order valence-corrected chi connectivity index (χ3v) is 2.55. The first kappa shape index (κ1) is 13.7. The SMILES string of the molecule is C=CCOC(=O)/C(C#N)=C/c1ccc2c(c1)OCCO2. The van der Waals surface area contributed by atoms with Crippen molar-refractivity contribution < 1.29 is 19.0 Å². The second-order valence-corrected chi connectivity index (χ2v) is 3.96. The highest BCUT2D eigenvalue weighted by Gasteiger charge is 2.13. The van der Waals surface area contributed by atoms with E-state index >= 15 is 0 Å². The highest BCUT2D eigenvalue weighted by molar-refractivity contribution is 5.98. The Morgan fingerprint density at radius 1 is 1.40 bits per heavy atom. The Morgan fingerprint density at radius 3 is 2.85 bits per heavy atom. The molecular weight excluding hydrogens is 258 g/mol. The fourth-order valence-electron chi connectivity index (χ4n) is 1.67. The van der Waals surface area contributed by atoms with Gasteiger partial charge in [0.1, 0.15) is 31.5 Å². The predicted octanol–water partition coefficient (Wildman–Crippen LogP) is 2.09. The molecule has 1 aliphatic heterocycles. The first-order valence-corrected chi connectivity index (χ1v) is 6.04. The standard InChI is InChI=1S/C15H13NO4/c1-2-5-20-15(17)12(10-16)8-11-3-4-13-14(9-11)19-7-6-18-13/h2-4,8-9H,1,5-7H2/b12-8+. The van der Waals surface area contributed by atoms with Crippen LogP contribution in [-0.2, 0) is 9.53 Å². The fraction of sp³-hybridized carbons (Fsp3) is 0.200. The number of hydrogen-bond acceptors (Lipinski definition) is 5. The number of carbonyl (C=O) groups is 1. The van der Waals surface area contributed by atoms with Crippen LogP contribution in [0.4, 0.5) is 0 Å². The Kier molecular flexibility index (Phi) is 4.40. The lowest BCUT2D eigenvalue weighted by atomic mass is 10.1. The van der Waals surface area contributed by atoms with Crippen molar-refractivity contribution in [1.29, 1.82) is 5.26 Å². The van der Waals surface area contributed by atoms with E-state index in [2.05, 4.69) is 6.58 Å². The number of benzene rings is 1. The lowest BCUT2D eigenvalue weighted by Gasteiger charge is -2.18. The summed E-state index contributed by atoms with van der Waals surface area (Å²) in [6, 6.07) is 7.02. The van der Waals surface area contributed by atoms with Crippen LogP contribution < -0.4 is 9.47 Å². The van der Waals surface area contributed by atoms with Gasteiger partial charge in [-0.05, 0) is 23.8 Å². The molecule has 0 spiro atoms. The molecule has 0 aromatic heterocycles. The lowest BCUT2D eigenvalue weighted by molar-refractivity contribution is -0.137. The van der Waals surface area contributed by atoms with Crippen molar-refractivity contribution >= 4 is 12.0 Å². The van der Waals surface area contributed by atoms with Gasteiger partial charge in [0.15, 0.2) is 11.5 Å². The van der Waals surface area contributed by atoms with E-state index in [1.54, 1.807) is 18.2 Å². The number of esters is 1. The second kappa shape index (κ2) is 6.43. The summed E-state index contributed by atoms with van der Waals surface area (Å²) in [6.07, 6.45) is 2.89. The van der Waals surface area contributed by atoms with E-state index in [0.29, 0.717) is 30.3 Å². The molecule has 0 unspecified atom stereocenters. The summed E-state index contributed by atoms with van der Waals surface area (Å²) in [5, 5.41) is 8.99. The zero-order chi connectivity index (χ0) is 14.4. The van der Waals surface area contributed by atoms with E-state index in [0.717, 1.165) is 0 Å². The monoisotopic (exact) mass is 271 g/mol. The molecule has 5 nitrogen and oxygen atoms in total. The molecule has 0 amide bonds. The van der Waals surface area contributed by atoms with Gasteiger partial charge in [0.05, 0.1) is 0 Å². The number of carbonyl (C=O) groups excluding carboxylic acids is 1. The third kappa shape index (κ3) is 3.18. The van der Waals surface area contributed by atoms with E-state index in [9.17, 15) is 4.79 Å². The molecule has 0 aliphatic carbocycles. The van der Waals surface area contributed by atoms with Gasteiger partial charge < -0.3 is 14.2 Å². The molecule has 1 heterocycles. The van der Waals surface area contributed by atoms with Gasteiger partial charge in [0.2, 0.25) is 0 Å². The van der Waals surface area contributed by atoms with E-state index in [1.165, 1.54) is 12.2 Å². The summed E-state index contributed by atoms with van der Waals surface area (Å²) < 4.78 is 15.7. The zero-order valence-corrected chi connectivity index (χ0v) is 10.8. The average molecular weight is 271 g/mol. The van der Waals surface area contributed by atoms with E-state index in [4.69, 9.17) is 19.5 Å². The van der Waals surface area contributed by atoms with Crippen LogP contribution in [0.2, 0.25) is 0 Å². The third-order valence-electron chi connectivity index (χ3n) is 2.55. The van der Waals surface area contributed by atoms with Crippen LogP contribution >= 0.6 is 0 Å². The topological polar surface area (TPSA) is 68.6 Å². The molecule has 0 saturated carbocycles. The van der Waals surface area contributed by atoms with Gasteiger partial charge in [0.25, 0.3) is 0 Å². The summed E-state index contributed by atoms with van der Waals surface area (Å²) >= 11 is 0. The number of ether oxygens (including phenoxy) is 3. The molecule has 0 fully saturated rings. The molecule has 0 radical (unpaired) electrons. The van der Waals surface area contributed by atoms with Crippen molar-refractivity contribution in [3.8, 4) is 17.6 Å². The van der Waals surface area contributed by atoms with Crippen LogP contribution in [0, 0.1) is 11.3 Å². The Labute approximate surface area is 116 Å². The van der Waals surface area contributed by atoms with Crippen molar-refractivity contribution in [2.75, 3.05) is 19.8 Å². The minimum atomic E-state index is -0.678. The van der Waals surface area contributed by atoms with Gasteiger partial charge in [0, 0.05) is 0 Å². The second-order valence-electron chi connectivity index (χ2n) is 3.96. The van der Waals surface area contributed by atoms with Crippen LogP contribution in [0.15, 0.2) is 36.4 Å². The molecule has 0 saturated heterocycles. The van der Waals surface area contributed by atoms with E-state index in [1.807, 2.05) is 6.07 Å². The Morgan fingerprint density at radius 2 is 2.15 bits per heavy atom. The van der Waals surface area contributed by atoms with Crippen molar-refractivity contribution in [2.45, 2.75) is 0 Å². The maximum absolute atomic E-state index is 11.6. The van der Waals surface area contributed by atoms with Gasteiger partial charge in [-0.2, -0.15) is 5.26 Å². The van der Waals surface area contributed by atoms with Crippen molar-refractivity contribution in [3.63, 3.8) is 0 Å². The molecule has 1 aromatic rings. The first-order chi connectivity index (χ1) is 9.74. The number of hydrogen-bond donors (Lipinski definition) is 0. The molecule has 5 heteroatoms. The van der Waals surface area contributed by atoms with Crippen LogP contribution in [0.25, 0.3) is 6.08 Å². The minimum Gasteiger partial charge on any atom is -0.486 e. The average Bonchev–Trinajstić information content (AvgIpc) is 2.50. The van der Waals surface area contributed by atoms with Crippen LogP contribution in [-0.4, -0.2) is 25.8 Å². The molecule has 2 rings (SSSR count). The zero-order valence-electron chi connectivity index (χ0n) is 10.8. The maximum Gasteiger partial charge on any atom is 0.349 e. The Balaban J connectivity index is 2.21. The number of rotatable bonds is 4. The summed E-state index contributed by atoms with van der Waals surface area (Å²) in [5.41, 5.74) is 0.588. The maximum atomic E-state index is 11.6. The van der Waals surface area contributed by atoms with Crippen LogP contribution in [0.1, 0.15) is 5.56 Å². The van der Waals surface area contributed by atoms with Gasteiger partial charge in [-0.25, -0.2) is 4.79 Å². The predicted molar refractivity (Wildman–Crippen MR) is 72.2 cm³/mol. The summed E-state index contributed by atoms with van der Waals surface area (Å²) in [6.45, 7) is 4.50. The molecule has 102 valence electrons. The van der Waals surface area contributed by atoms with Crippen molar-refractivity contribution in [2.24, 2.45) is 0 Å². The van der Waals surface area contributed by atoms with Gasteiger partial charge in [-0.1, -0.05) is 18.7 Å². The number of nitrogens with zero attached hydrogens (tertiary/aromatic N) is 1. The van der Waals surface area contributed by atoms with Crippen molar-refractivity contribution in [1.82, 2.24) is 0 Å². The first-order valence-electron chi connectivity index (χ1n) is 6.04. The molecule has 0 N–H and O–H groups in total. The Hall–Kier alpha value is -2.74. The van der Waals surface area contributed by atoms with Gasteiger partial charge >= 0.3 is 5.97 Å². The van der Waals surface area contributed by atoms with E-state index < -0.39 is 5.97 Å². The molecule has 20 heavy (non-hydrogen) atoms. The smallest absolute Gasteiger partial charge is 0.349 e. The lowest BCUT2D eigenvalue weighted by Crippen LogP contribution is -2.15. The van der Waals surface area contributed by atoms with Gasteiger partial charge in [-0.15, -0.1) is 0 Å². The molecular formula is C15H13NO4. The summed E-state index contributed by atoms with van der Waals surface area (Å²) in [7, 11) is 0.